The zero-order chi connectivity index (χ0) is 12.8. The first kappa shape index (κ1) is 13.8. The third-order valence-corrected chi connectivity index (χ3v) is 3.66. The van der Waals surface area contributed by atoms with Crippen LogP contribution in [0.1, 0.15) is 18.9 Å². The maximum Gasteiger partial charge on any atom is 0.292 e. The fraction of sp³-hybridized carbons (Fsp3) is 0.500. The van der Waals surface area contributed by atoms with Crippen molar-refractivity contribution in [2.75, 3.05) is 18.1 Å². The summed E-state index contributed by atoms with van der Waals surface area (Å²) in [5.74, 6) is 0. The van der Waals surface area contributed by atoms with Crippen molar-refractivity contribution in [3.05, 3.63) is 33.9 Å². The van der Waals surface area contributed by atoms with Gasteiger partial charge >= 0.3 is 0 Å². The molecule has 17 heavy (non-hydrogen) atoms. The Morgan fingerprint density at radius 1 is 1.53 bits per heavy atom. The van der Waals surface area contributed by atoms with E-state index in [2.05, 4.69) is 18.5 Å². The SMILES string of the molecule is CSC(C)CCNc1cc(C)ccc1[N+](=O)[O-]. The number of aryl methyl sites for hydroxylation is 1. The van der Waals surface area contributed by atoms with Crippen molar-refractivity contribution in [2.24, 2.45) is 0 Å². The molecule has 94 valence electrons. The molecular weight excluding hydrogens is 236 g/mol. The van der Waals surface area contributed by atoms with Gasteiger partial charge in [0, 0.05) is 17.9 Å². The van der Waals surface area contributed by atoms with Gasteiger partial charge in [-0.1, -0.05) is 13.0 Å². The van der Waals surface area contributed by atoms with Gasteiger partial charge in [-0.05, 0) is 31.2 Å². The van der Waals surface area contributed by atoms with Crippen LogP contribution in [0.5, 0.6) is 0 Å². The Morgan fingerprint density at radius 3 is 2.82 bits per heavy atom. The van der Waals surface area contributed by atoms with Crippen molar-refractivity contribution in [1.29, 1.82) is 0 Å². The van der Waals surface area contributed by atoms with Crippen molar-refractivity contribution < 1.29 is 4.92 Å². The van der Waals surface area contributed by atoms with Gasteiger partial charge in [-0.3, -0.25) is 10.1 Å². The van der Waals surface area contributed by atoms with Crippen LogP contribution >= 0.6 is 11.8 Å². The third-order valence-electron chi connectivity index (χ3n) is 2.62. The third kappa shape index (κ3) is 4.26. The Morgan fingerprint density at radius 2 is 2.24 bits per heavy atom. The molecule has 0 saturated heterocycles. The maximum atomic E-state index is 10.8. The van der Waals surface area contributed by atoms with Gasteiger partial charge in [-0.25, -0.2) is 0 Å². The Kier molecular flexibility index (Phi) is 5.28. The summed E-state index contributed by atoms with van der Waals surface area (Å²) < 4.78 is 0. The molecular formula is C12H18N2O2S. The quantitative estimate of drug-likeness (QED) is 0.624. The average Bonchev–Trinajstić information content (AvgIpc) is 2.28. The van der Waals surface area contributed by atoms with Crippen molar-refractivity contribution in [1.82, 2.24) is 0 Å². The number of hydrogen-bond acceptors (Lipinski definition) is 4. The number of nitrogens with one attached hydrogen (secondary N) is 1. The topological polar surface area (TPSA) is 55.2 Å². The van der Waals surface area contributed by atoms with Crippen molar-refractivity contribution in [3.8, 4) is 0 Å². The monoisotopic (exact) mass is 254 g/mol. The summed E-state index contributed by atoms with van der Waals surface area (Å²) in [5.41, 5.74) is 1.78. The van der Waals surface area contributed by atoms with Gasteiger partial charge in [-0.2, -0.15) is 11.8 Å². The molecule has 0 aliphatic rings. The van der Waals surface area contributed by atoms with Crippen LogP contribution < -0.4 is 5.32 Å². The lowest BCUT2D eigenvalue weighted by Gasteiger charge is -2.10. The lowest BCUT2D eigenvalue weighted by Crippen LogP contribution is -2.09. The van der Waals surface area contributed by atoms with E-state index < -0.39 is 0 Å². The van der Waals surface area contributed by atoms with E-state index in [9.17, 15) is 10.1 Å². The molecule has 1 atom stereocenters. The Labute approximate surface area is 106 Å². The van der Waals surface area contributed by atoms with Crippen LogP contribution in [-0.4, -0.2) is 23.0 Å². The average molecular weight is 254 g/mol. The number of benzene rings is 1. The van der Waals surface area contributed by atoms with Gasteiger partial charge in [-0.15, -0.1) is 0 Å². The molecule has 0 heterocycles. The van der Waals surface area contributed by atoms with E-state index in [1.807, 2.05) is 13.0 Å². The van der Waals surface area contributed by atoms with Crippen LogP contribution in [0.4, 0.5) is 11.4 Å². The van der Waals surface area contributed by atoms with Crippen molar-refractivity contribution in [2.45, 2.75) is 25.5 Å². The molecule has 0 aliphatic heterocycles. The molecule has 0 bridgehead atoms. The number of nitrogens with zero attached hydrogens (tertiary/aromatic N) is 1. The smallest absolute Gasteiger partial charge is 0.292 e. The molecule has 0 spiro atoms. The van der Waals surface area contributed by atoms with E-state index in [0.29, 0.717) is 10.9 Å². The predicted octanol–water partition coefficient (Wildman–Crippen LogP) is 3.46. The largest absolute Gasteiger partial charge is 0.379 e. The second-order valence-electron chi connectivity index (χ2n) is 4.04. The van der Waals surface area contributed by atoms with Gasteiger partial charge in [0.2, 0.25) is 0 Å². The molecule has 0 fully saturated rings. The van der Waals surface area contributed by atoms with Crippen molar-refractivity contribution >= 4 is 23.1 Å². The highest BCUT2D eigenvalue weighted by molar-refractivity contribution is 7.99. The summed E-state index contributed by atoms with van der Waals surface area (Å²) in [7, 11) is 0. The molecule has 1 unspecified atom stereocenters. The predicted molar refractivity (Wildman–Crippen MR) is 73.9 cm³/mol. The first-order valence-corrected chi connectivity index (χ1v) is 6.85. The number of hydrogen-bond donors (Lipinski definition) is 1. The summed E-state index contributed by atoms with van der Waals surface area (Å²) >= 11 is 1.80. The molecule has 0 aromatic heterocycles. The highest BCUT2D eigenvalue weighted by Gasteiger charge is 2.12. The molecule has 0 radical (unpaired) electrons. The molecule has 5 heteroatoms. The summed E-state index contributed by atoms with van der Waals surface area (Å²) in [6, 6.07) is 5.13. The summed E-state index contributed by atoms with van der Waals surface area (Å²) in [6.45, 7) is 4.84. The fourth-order valence-electron chi connectivity index (χ4n) is 1.48. The number of thioether (sulfide) groups is 1. The van der Waals surface area contributed by atoms with Crippen LogP contribution in [0.3, 0.4) is 0 Å². The molecule has 1 N–H and O–H groups in total. The summed E-state index contributed by atoms with van der Waals surface area (Å²) in [5, 5.41) is 14.6. The fourth-order valence-corrected chi connectivity index (χ4v) is 1.83. The first-order valence-electron chi connectivity index (χ1n) is 5.56. The molecule has 1 aromatic carbocycles. The highest BCUT2D eigenvalue weighted by Crippen LogP contribution is 2.25. The Balaban J connectivity index is 2.68. The Hall–Kier alpha value is -1.23. The van der Waals surface area contributed by atoms with Crippen LogP contribution in [0.15, 0.2) is 18.2 Å². The lowest BCUT2D eigenvalue weighted by atomic mass is 10.2. The van der Waals surface area contributed by atoms with Gasteiger partial charge in [0.1, 0.15) is 5.69 Å². The number of nitro benzene ring substituents is 1. The first-order chi connectivity index (χ1) is 8.04. The molecule has 0 saturated carbocycles. The van der Waals surface area contributed by atoms with Gasteiger partial charge < -0.3 is 5.32 Å². The van der Waals surface area contributed by atoms with E-state index in [-0.39, 0.29) is 10.6 Å². The lowest BCUT2D eigenvalue weighted by molar-refractivity contribution is -0.384. The van der Waals surface area contributed by atoms with Crippen LogP contribution in [0.25, 0.3) is 0 Å². The zero-order valence-corrected chi connectivity index (χ0v) is 11.2. The minimum atomic E-state index is -0.347. The van der Waals surface area contributed by atoms with Gasteiger partial charge in [0.15, 0.2) is 0 Å². The number of anilines is 1. The summed E-state index contributed by atoms with van der Waals surface area (Å²) in [4.78, 5) is 10.5. The highest BCUT2D eigenvalue weighted by atomic mass is 32.2. The van der Waals surface area contributed by atoms with Gasteiger partial charge in [0.05, 0.1) is 4.92 Å². The maximum absolute atomic E-state index is 10.8. The zero-order valence-electron chi connectivity index (χ0n) is 10.4. The van der Waals surface area contributed by atoms with E-state index in [4.69, 9.17) is 0 Å². The number of rotatable bonds is 6. The summed E-state index contributed by atoms with van der Waals surface area (Å²) in [6.07, 6.45) is 3.06. The van der Waals surface area contributed by atoms with E-state index in [1.54, 1.807) is 23.9 Å². The van der Waals surface area contributed by atoms with Crippen LogP contribution in [0.2, 0.25) is 0 Å². The molecule has 1 rings (SSSR count). The van der Waals surface area contributed by atoms with Crippen LogP contribution in [-0.2, 0) is 0 Å². The second kappa shape index (κ2) is 6.49. The minimum Gasteiger partial charge on any atom is -0.379 e. The second-order valence-corrected chi connectivity index (χ2v) is 5.32. The van der Waals surface area contributed by atoms with E-state index in [1.165, 1.54) is 0 Å². The normalized spacial score (nSPS) is 12.2. The minimum absolute atomic E-state index is 0.146. The van der Waals surface area contributed by atoms with E-state index >= 15 is 0 Å². The Bertz CT molecular complexity index is 396. The van der Waals surface area contributed by atoms with Crippen LogP contribution in [0, 0.1) is 17.0 Å². The molecule has 4 nitrogen and oxygen atoms in total. The standard InChI is InChI=1S/C12H18N2O2S/c1-9-4-5-12(14(15)16)11(8-9)13-7-6-10(2)17-3/h4-5,8,10,13H,6-7H2,1-3H3. The van der Waals surface area contributed by atoms with Crippen molar-refractivity contribution in [3.63, 3.8) is 0 Å². The molecule has 0 aliphatic carbocycles. The molecule has 0 amide bonds. The van der Waals surface area contributed by atoms with E-state index in [0.717, 1.165) is 18.5 Å². The number of nitro groups is 1. The molecule has 1 aromatic rings. The van der Waals surface area contributed by atoms with Gasteiger partial charge in [0.25, 0.3) is 5.69 Å².